The van der Waals surface area contributed by atoms with Crippen molar-refractivity contribution in [3.05, 3.63) is 94.9 Å². The van der Waals surface area contributed by atoms with E-state index in [2.05, 4.69) is 9.44 Å². The summed E-state index contributed by atoms with van der Waals surface area (Å²) in [6.07, 6.45) is 1.47. The molecule has 6 nitrogen and oxygen atoms in total. The molecule has 0 atom stereocenters. The number of sulfonamides is 2. The smallest absolute Gasteiger partial charge is 0.262 e. The third-order valence-corrected chi connectivity index (χ3v) is 6.79. The number of hydrogen-bond acceptors (Lipinski definition) is 4. The van der Waals surface area contributed by atoms with Crippen LogP contribution >= 0.6 is 0 Å². The lowest BCUT2D eigenvalue weighted by Crippen LogP contribution is -2.15. The Labute approximate surface area is 177 Å². The Morgan fingerprint density at radius 1 is 0.733 bits per heavy atom. The third kappa shape index (κ3) is 5.71. The van der Waals surface area contributed by atoms with Gasteiger partial charge in [-0.2, -0.15) is 0 Å². The van der Waals surface area contributed by atoms with E-state index in [1.54, 1.807) is 55.5 Å². The minimum Gasteiger partial charge on any atom is -0.280 e. The fourth-order valence-electron chi connectivity index (χ4n) is 2.80. The molecule has 0 bridgehead atoms. The highest BCUT2D eigenvalue weighted by molar-refractivity contribution is 7.95. The number of aryl methyl sites for hydroxylation is 2. The second-order valence-electron chi connectivity index (χ2n) is 6.82. The largest absolute Gasteiger partial charge is 0.280 e. The molecule has 0 heterocycles. The van der Waals surface area contributed by atoms with Gasteiger partial charge < -0.3 is 0 Å². The van der Waals surface area contributed by atoms with Crippen LogP contribution in [0.1, 0.15) is 16.7 Å². The number of rotatable bonds is 7. The van der Waals surface area contributed by atoms with Gasteiger partial charge in [0, 0.05) is 5.69 Å². The fourth-order valence-corrected chi connectivity index (χ4v) is 4.98. The normalized spacial score (nSPS) is 12.1. The Bertz CT molecular complexity index is 1280. The summed E-state index contributed by atoms with van der Waals surface area (Å²) in [4.78, 5) is -0.00348. The zero-order valence-electron chi connectivity index (χ0n) is 16.5. The average molecular weight is 443 g/mol. The summed E-state index contributed by atoms with van der Waals surface area (Å²) < 4.78 is 55.4. The molecule has 0 aliphatic heterocycles. The van der Waals surface area contributed by atoms with Crippen LogP contribution in [0.25, 0.3) is 6.08 Å². The summed E-state index contributed by atoms with van der Waals surface area (Å²) in [5.41, 5.74) is 2.74. The first-order valence-corrected chi connectivity index (χ1v) is 12.1. The molecule has 8 heteroatoms. The molecule has 0 radical (unpaired) electrons. The summed E-state index contributed by atoms with van der Waals surface area (Å²) in [5.74, 6) is 0. The lowest BCUT2D eigenvalue weighted by Gasteiger charge is -2.13. The van der Waals surface area contributed by atoms with Crippen LogP contribution in [-0.2, 0) is 20.0 Å². The Morgan fingerprint density at radius 3 is 2.13 bits per heavy atom. The summed E-state index contributed by atoms with van der Waals surface area (Å²) in [5, 5.41) is 1.04. The van der Waals surface area contributed by atoms with Gasteiger partial charge in [-0.1, -0.05) is 48.5 Å². The number of hydrogen-bond donors (Lipinski definition) is 2. The quantitative estimate of drug-likeness (QED) is 0.563. The molecular formula is C22H22N2O4S2. The van der Waals surface area contributed by atoms with Gasteiger partial charge in [0.05, 0.1) is 16.0 Å². The second-order valence-corrected chi connectivity index (χ2v) is 10.0. The first-order chi connectivity index (χ1) is 14.1. The monoisotopic (exact) mass is 442 g/mol. The van der Waals surface area contributed by atoms with Gasteiger partial charge in [0.1, 0.15) is 0 Å². The Morgan fingerprint density at radius 2 is 1.43 bits per heavy atom. The van der Waals surface area contributed by atoms with Crippen molar-refractivity contribution in [2.24, 2.45) is 0 Å². The van der Waals surface area contributed by atoms with Crippen LogP contribution in [0.2, 0.25) is 0 Å². The van der Waals surface area contributed by atoms with Crippen molar-refractivity contribution >= 4 is 37.5 Å². The van der Waals surface area contributed by atoms with E-state index in [1.807, 2.05) is 19.1 Å². The molecule has 0 aromatic heterocycles. The van der Waals surface area contributed by atoms with E-state index < -0.39 is 20.0 Å². The average Bonchev–Trinajstić information content (AvgIpc) is 2.68. The van der Waals surface area contributed by atoms with Gasteiger partial charge in [0.2, 0.25) is 0 Å². The van der Waals surface area contributed by atoms with Crippen molar-refractivity contribution in [3.8, 4) is 0 Å². The maximum atomic E-state index is 12.9. The molecule has 3 aromatic rings. The number of anilines is 2. The van der Waals surface area contributed by atoms with E-state index in [9.17, 15) is 16.8 Å². The molecule has 0 saturated carbocycles. The van der Waals surface area contributed by atoms with E-state index in [1.165, 1.54) is 18.2 Å². The van der Waals surface area contributed by atoms with Crippen molar-refractivity contribution in [2.45, 2.75) is 18.7 Å². The van der Waals surface area contributed by atoms with Crippen LogP contribution in [0.15, 0.2) is 83.1 Å². The first-order valence-electron chi connectivity index (χ1n) is 9.11. The van der Waals surface area contributed by atoms with Crippen LogP contribution in [-0.4, -0.2) is 16.8 Å². The van der Waals surface area contributed by atoms with Gasteiger partial charge in [-0.3, -0.25) is 9.44 Å². The van der Waals surface area contributed by atoms with Crippen LogP contribution in [0.4, 0.5) is 11.4 Å². The molecule has 0 aliphatic rings. The van der Waals surface area contributed by atoms with Gasteiger partial charge in [0.15, 0.2) is 0 Å². The SMILES string of the molecule is Cc1cccc(NS(=O)(=O)c2cc(NS(=O)(=O)/C=C/c3ccccc3)ccc2C)c1. The van der Waals surface area contributed by atoms with Crippen molar-refractivity contribution in [2.75, 3.05) is 9.44 Å². The predicted octanol–water partition coefficient (Wildman–Crippen LogP) is 4.52. The minimum atomic E-state index is -3.90. The standard InChI is InChI=1S/C22H22N2O4S2/c1-17-7-6-10-20(15-17)24-30(27,28)22-16-21(12-11-18(22)2)23-29(25,26)14-13-19-8-4-3-5-9-19/h3-16,23-24H,1-2H3/b14-13+. The number of nitrogens with one attached hydrogen (secondary N) is 2. The second kappa shape index (κ2) is 8.73. The molecule has 3 rings (SSSR count). The molecule has 156 valence electrons. The van der Waals surface area contributed by atoms with Gasteiger partial charge in [-0.05, 0) is 60.9 Å². The van der Waals surface area contributed by atoms with Crippen molar-refractivity contribution in [3.63, 3.8) is 0 Å². The Hall–Kier alpha value is -3.10. The lowest BCUT2D eigenvalue weighted by molar-refractivity contribution is 0.600. The maximum absolute atomic E-state index is 12.9. The van der Waals surface area contributed by atoms with E-state index >= 15 is 0 Å². The van der Waals surface area contributed by atoms with Gasteiger partial charge in [-0.15, -0.1) is 0 Å². The number of benzene rings is 3. The van der Waals surface area contributed by atoms with Crippen LogP contribution in [0, 0.1) is 13.8 Å². The molecule has 3 aromatic carbocycles. The highest BCUT2D eigenvalue weighted by atomic mass is 32.2. The van der Waals surface area contributed by atoms with Crippen LogP contribution in [0.3, 0.4) is 0 Å². The molecule has 0 saturated heterocycles. The summed E-state index contributed by atoms with van der Waals surface area (Å²) in [6.45, 7) is 3.51. The van der Waals surface area contributed by atoms with Crippen molar-refractivity contribution < 1.29 is 16.8 Å². The van der Waals surface area contributed by atoms with Gasteiger partial charge >= 0.3 is 0 Å². The van der Waals surface area contributed by atoms with E-state index in [-0.39, 0.29) is 10.6 Å². The highest BCUT2D eigenvalue weighted by Crippen LogP contribution is 2.24. The van der Waals surface area contributed by atoms with E-state index in [0.717, 1.165) is 16.5 Å². The summed E-state index contributed by atoms with van der Waals surface area (Å²) in [7, 11) is -7.72. The Kier molecular flexibility index (Phi) is 6.28. The zero-order valence-corrected chi connectivity index (χ0v) is 18.2. The van der Waals surface area contributed by atoms with E-state index in [0.29, 0.717) is 11.3 Å². The molecule has 0 aliphatic carbocycles. The summed E-state index contributed by atoms with van der Waals surface area (Å²) >= 11 is 0. The van der Waals surface area contributed by atoms with Crippen molar-refractivity contribution in [1.29, 1.82) is 0 Å². The third-order valence-electron chi connectivity index (χ3n) is 4.25. The van der Waals surface area contributed by atoms with Crippen LogP contribution in [0.5, 0.6) is 0 Å². The molecule has 2 N–H and O–H groups in total. The first kappa shape index (κ1) is 21.6. The van der Waals surface area contributed by atoms with Gasteiger partial charge in [0.25, 0.3) is 20.0 Å². The molecule has 30 heavy (non-hydrogen) atoms. The van der Waals surface area contributed by atoms with Crippen LogP contribution < -0.4 is 9.44 Å². The molecule has 0 amide bonds. The fraction of sp³-hybridized carbons (Fsp3) is 0.0909. The van der Waals surface area contributed by atoms with Gasteiger partial charge in [-0.25, -0.2) is 16.8 Å². The topological polar surface area (TPSA) is 92.3 Å². The maximum Gasteiger partial charge on any atom is 0.262 e. The molecular weight excluding hydrogens is 420 g/mol. The highest BCUT2D eigenvalue weighted by Gasteiger charge is 2.19. The minimum absolute atomic E-state index is 0.00348. The lowest BCUT2D eigenvalue weighted by atomic mass is 10.2. The molecule has 0 fully saturated rings. The molecule has 0 spiro atoms. The summed E-state index contributed by atoms with van der Waals surface area (Å²) in [6, 6.07) is 20.4. The Balaban J connectivity index is 1.85. The van der Waals surface area contributed by atoms with Crippen molar-refractivity contribution in [1.82, 2.24) is 0 Å². The predicted molar refractivity (Wildman–Crippen MR) is 121 cm³/mol. The molecule has 0 unspecified atom stereocenters. The zero-order chi connectivity index (χ0) is 21.8. The van der Waals surface area contributed by atoms with E-state index in [4.69, 9.17) is 0 Å².